The van der Waals surface area contributed by atoms with Gasteiger partial charge in [0, 0.05) is 0 Å². The van der Waals surface area contributed by atoms with Crippen LogP contribution in [0.3, 0.4) is 0 Å². The van der Waals surface area contributed by atoms with Crippen LogP contribution in [0.5, 0.6) is 0 Å². The van der Waals surface area contributed by atoms with Crippen LogP contribution in [0.1, 0.15) is 6.92 Å². The van der Waals surface area contributed by atoms with E-state index in [4.69, 9.17) is 9.84 Å². The van der Waals surface area contributed by atoms with Gasteiger partial charge in [0.15, 0.2) is 12.5 Å². The SMILES string of the molecule is C[C@@]1(Br)C(=O)NC(=O)N([C@H]2C=C[C@@H](CO)O2)[C@H]1O. The number of nitrogens with one attached hydrogen (secondary N) is 1. The first-order valence-corrected chi connectivity index (χ1v) is 6.12. The normalized spacial score (nSPS) is 40.2. The summed E-state index contributed by atoms with van der Waals surface area (Å²) in [4.78, 5) is 24.3. The maximum Gasteiger partial charge on any atom is 0.328 e. The summed E-state index contributed by atoms with van der Waals surface area (Å²) in [5.41, 5.74) is 0. The average Bonchev–Trinajstić information content (AvgIpc) is 2.76. The van der Waals surface area contributed by atoms with Crippen LogP contribution >= 0.6 is 15.9 Å². The molecule has 0 radical (unpaired) electrons. The van der Waals surface area contributed by atoms with Gasteiger partial charge in [-0.15, -0.1) is 0 Å². The lowest BCUT2D eigenvalue weighted by atomic mass is 10.1. The largest absolute Gasteiger partial charge is 0.393 e. The lowest BCUT2D eigenvalue weighted by molar-refractivity contribution is -0.143. The van der Waals surface area contributed by atoms with Gasteiger partial charge < -0.3 is 14.9 Å². The Labute approximate surface area is 112 Å². The molecule has 2 heterocycles. The second kappa shape index (κ2) is 4.61. The maximum atomic E-state index is 11.7. The van der Waals surface area contributed by atoms with Crippen LogP contribution in [0.15, 0.2) is 12.2 Å². The van der Waals surface area contributed by atoms with E-state index in [9.17, 15) is 14.7 Å². The van der Waals surface area contributed by atoms with Gasteiger partial charge >= 0.3 is 6.03 Å². The molecule has 0 saturated carbocycles. The summed E-state index contributed by atoms with van der Waals surface area (Å²) in [5, 5.41) is 21.1. The number of ether oxygens (including phenoxy) is 1. The van der Waals surface area contributed by atoms with Gasteiger partial charge in [0.1, 0.15) is 10.4 Å². The molecule has 8 heteroatoms. The average molecular weight is 321 g/mol. The van der Waals surface area contributed by atoms with Crippen molar-refractivity contribution in [2.24, 2.45) is 0 Å². The Kier molecular flexibility index (Phi) is 3.45. The van der Waals surface area contributed by atoms with Crippen molar-refractivity contribution in [3.63, 3.8) is 0 Å². The molecular weight excluding hydrogens is 308 g/mol. The van der Waals surface area contributed by atoms with Gasteiger partial charge in [0.05, 0.1) is 6.61 Å². The molecule has 0 unspecified atom stereocenters. The minimum Gasteiger partial charge on any atom is -0.393 e. The van der Waals surface area contributed by atoms with Crippen molar-refractivity contribution in [2.75, 3.05) is 6.61 Å². The van der Waals surface area contributed by atoms with Crippen LogP contribution in [0.2, 0.25) is 0 Å². The predicted octanol–water partition coefficient (Wildman–Crippen LogP) is -0.716. The number of hydrogen-bond donors (Lipinski definition) is 3. The summed E-state index contributed by atoms with van der Waals surface area (Å²) >= 11 is 3.09. The summed E-state index contributed by atoms with van der Waals surface area (Å²) in [5.74, 6) is -0.614. The van der Waals surface area contributed by atoms with E-state index in [1.54, 1.807) is 12.2 Å². The molecule has 0 bridgehead atoms. The van der Waals surface area contributed by atoms with E-state index >= 15 is 0 Å². The van der Waals surface area contributed by atoms with Gasteiger partial charge in [-0.3, -0.25) is 15.0 Å². The Morgan fingerprint density at radius 3 is 2.78 bits per heavy atom. The third-order valence-corrected chi connectivity index (χ3v) is 3.68. The number of imide groups is 1. The van der Waals surface area contributed by atoms with E-state index in [2.05, 4.69) is 21.2 Å². The Morgan fingerprint density at radius 2 is 2.22 bits per heavy atom. The van der Waals surface area contributed by atoms with E-state index in [-0.39, 0.29) is 6.61 Å². The standard InChI is InChI=1S/C10H13BrN2O5/c1-10(11)7(15)12-9(17)13(8(10)16)6-3-2-5(4-14)18-6/h2-3,5-6,8,14,16H,4H2,1H3,(H,12,15,17)/t5-,6+,8-,10+/m0/s1. The summed E-state index contributed by atoms with van der Waals surface area (Å²) in [6.45, 7) is 1.23. The molecule has 0 spiro atoms. The smallest absolute Gasteiger partial charge is 0.328 e. The van der Waals surface area contributed by atoms with Crippen molar-refractivity contribution in [3.8, 4) is 0 Å². The third-order valence-electron chi connectivity index (χ3n) is 2.91. The highest BCUT2D eigenvalue weighted by molar-refractivity contribution is 9.10. The second-order valence-corrected chi connectivity index (χ2v) is 5.90. The molecule has 2 rings (SSSR count). The number of hydrogen-bond acceptors (Lipinski definition) is 5. The molecule has 0 aliphatic carbocycles. The van der Waals surface area contributed by atoms with Crippen LogP contribution < -0.4 is 5.32 Å². The van der Waals surface area contributed by atoms with Gasteiger partial charge in [-0.2, -0.15) is 0 Å². The van der Waals surface area contributed by atoms with Gasteiger partial charge in [-0.25, -0.2) is 4.79 Å². The maximum absolute atomic E-state index is 11.7. The van der Waals surface area contributed by atoms with Crippen molar-refractivity contribution in [2.45, 2.75) is 29.8 Å². The quantitative estimate of drug-likeness (QED) is 0.461. The fourth-order valence-electron chi connectivity index (χ4n) is 1.78. The first kappa shape index (κ1) is 13.5. The molecule has 0 aromatic rings. The summed E-state index contributed by atoms with van der Waals surface area (Å²) in [6, 6.07) is -0.738. The fraction of sp³-hybridized carbons (Fsp3) is 0.600. The number of urea groups is 1. The van der Waals surface area contributed by atoms with Crippen LogP contribution in [0, 0.1) is 0 Å². The van der Waals surface area contributed by atoms with Gasteiger partial charge in [0.25, 0.3) is 0 Å². The molecule has 100 valence electrons. The topological polar surface area (TPSA) is 99.1 Å². The van der Waals surface area contributed by atoms with E-state index < -0.39 is 34.8 Å². The molecule has 18 heavy (non-hydrogen) atoms. The molecule has 2 aliphatic heterocycles. The predicted molar refractivity (Wildman–Crippen MR) is 63.6 cm³/mol. The number of carbonyl (C=O) groups is 2. The molecule has 1 fully saturated rings. The molecule has 7 nitrogen and oxygen atoms in total. The highest BCUT2D eigenvalue weighted by Gasteiger charge is 2.51. The Morgan fingerprint density at radius 1 is 1.56 bits per heavy atom. The highest BCUT2D eigenvalue weighted by Crippen LogP contribution is 2.31. The Hall–Kier alpha value is -0.960. The Bertz CT molecular complexity index is 411. The third kappa shape index (κ3) is 2.05. The minimum atomic E-state index is -1.37. The van der Waals surface area contributed by atoms with Crippen LogP contribution in [-0.4, -0.2) is 56.5 Å². The van der Waals surface area contributed by atoms with Gasteiger partial charge in [0.2, 0.25) is 5.91 Å². The van der Waals surface area contributed by atoms with Crippen molar-refractivity contribution < 1.29 is 24.5 Å². The molecule has 0 aromatic carbocycles. The highest BCUT2D eigenvalue weighted by atomic mass is 79.9. The molecule has 3 amide bonds. The number of halogens is 1. The summed E-state index contributed by atoms with van der Waals surface area (Å²) < 4.78 is 4.02. The van der Waals surface area contributed by atoms with E-state index in [1.165, 1.54) is 6.92 Å². The summed E-state index contributed by atoms with van der Waals surface area (Å²) in [6.07, 6.45) is 0.428. The van der Waals surface area contributed by atoms with Gasteiger partial charge in [-0.05, 0) is 13.0 Å². The molecule has 3 N–H and O–H groups in total. The van der Waals surface area contributed by atoms with Crippen molar-refractivity contribution >= 4 is 27.9 Å². The van der Waals surface area contributed by atoms with Crippen LogP contribution in [0.4, 0.5) is 4.79 Å². The number of carbonyl (C=O) groups excluding carboxylic acids is 2. The lowest BCUT2D eigenvalue weighted by Crippen LogP contribution is -2.68. The number of amides is 3. The molecule has 0 aromatic heterocycles. The fourth-order valence-corrected chi connectivity index (χ4v) is 2.10. The number of aliphatic hydroxyl groups is 2. The van der Waals surface area contributed by atoms with Crippen LogP contribution in [-0.2, 0) is 9.53 Å². The zero-order valence-corrected chi connectivity index (χ0v) is 11.1. The number of nitrogens with zero attached hydrogens (tertiary/aromatic N) is 1. The monoisotopic (exact) mass is 320 g/mol. The van der Waals surface area contributed by atoms with E-state index in [0.29, 0.717) is 0 Å². The second-order valence-electron chi connectivity index (χ2n) is 4.25. The Balaban J connectivity index is 2.20. The zero-order valence-electron chi connectivity index (χ0n) is 9.54. The van der Waals surface area contributed by atoms with Crippen LogP contribution in [0.25, 0.3) is 0 Å². The molecule has 4 atom stereocenters. The number of alkyl halides is 1. The van der Waals surface area contributed by atoms with Crippen molar-refractivity contribution in [3.05, 3.63) is 12.2 Å². The molecule has 2 aliphatic rings. The molecular formula is C10H13BrN2O5. The zero-order chi connectivity index (χ0) is 13.5. The van der Waals surface area contributed by atoms with E-state index in [0.717, 1.165) is 4.90 Å². The van der Waals surface area contributed by atoms with Gasteiger partial charge in [-0.1, -0.05) is 22.0 Å². The first-order chi connectivity index (χ1) is 8.37. The number of rotatable bonds is 2. The molecule has 1 saturated heterocycles. The minimum absolute atomic E-state index is 0.219. The van der Waals surface area contributed by atoms with Crippen molar-refractivity contribution in [1.29, 1.82) is 0 Å². The van der Waals surface area contributed by atoms with Crippen molar-refractivity contribution in [1.82, 2.24) is 10.2 Å². The lowest BCUT2D eigenvalue weighted by Gasteiger charge is -2.42. The van der Waals surface area contributed by atoms with E-state index in [1.807, 2.05) is 0 Å². The first-order valence-electron chi connectivity index (χ1n) is 5.33. The summed E-state index contributed by atoms with van der Waals surface area (Å²) in [7, 11) is 0. The number of aliphatic hydroxyl groups excluding tert-OH is 2.